The van der Waals surface area contributed by atoms with Crippen LogP contribution < -0.4 is 5.73 Å². The Morgan fingerprint density at radius 3 is 2.56 bits per heavy atom. The second kappa shape index (κ2) is 8.10. The molecule has 108 valence electrons. The van der Waals surface area contributed by atoms with E-state index in [2.05, 4.69) is 30.6 Å². The molecule has 1 fully saturated rings. The Balaban J connectivity index is 2.52. The highest BCUT2D eigenvalue weighted by Gasteiger charge is 2.32. The first-order chi connectivity index (χ1) is 8.67. The lowest BCUT2D eigenvalue weighted by atomic mass is 10.0. The highest BCUT2D eigenvalue weighted by molar-refractivity contribution is 4.88. The third-order valence-electron chi connectivity index (χ3n) is 4.32. The molecule has 0 aromatic rings. The molecule has 0 amide bonds. The van der Waals surface area contributed by atoms with Gasteiger partial charge in [0, 0.05) is 38.8 Å². The first-order valence-electron chi connectivity index (χ1n) is 7.34. The number of hydrogen-bond donors (Lipinski definition) is 1. The Labute approximate surface area is 112 Å². The lowest BCUT2D eigenvalue weighted by molar-refractivity contribution is 0.0922. The first-order valence-corrected chi connectivity index (χ1v) is 7.34. The van der Waals surface area contributed by atoms with Crippen molar-refractivity contribution in [3.8, 4) is 0 Å². The van der Waals surface area contributed by atoms with Gasteiger partial charge in [0.25, 0.3) is 0 Å². The Bertz CT molecular complexity index is 221. The van der Waals surface area contributed by atoms with Crippen LogP contribution in [0.1, 0.15) is 27.2 Å². The molecule has 1 aliphatic rings. The van der Waals surface area contributed by atoms with Crippen LogP contribution in [-0.2, 0) is 4.74 Å². The second-order valence-corrected chi connectivity index (χ2v) is 5.39. The van der Waals surface area contributed by atoms with Crippen LogP contribution >= 0.6 is 0 Å². The molecule has 0 bridgehead atoms. The number of likely N-dealkylation sites (N-methyl/N-ethyl adjacent to an activating group) is 1. The van der Waals surface area contributed by atoms with Crippen molar-refractivity contribution in [3.05, 3.63) is 0 Å². The fourth-order valence-electron chi connectivity index (χ4n) is 3.22. The van der Waals surface area contributed by atoms with Gasteiger partial charge in [0.15, 0.2) is 0 Å². The van der Waals surface area contributed by atoms with Crippen LogP contribution in [-0.4, -0.2) is 68.3 Å². The zero-order chi connectivity index (χ0) is 13.5. The molecule has 3 atom stereocenters. The smallest absolute Gasteiger partial charge is 0.0503 e. The Morgan fingerprint density at radius 2 is 2.06 bits per heavy atom. The zero-order valence-electron chi connectivity index (χ0n) is 12.6. The first kappa shape index (κ1) is 15.9. The van der Waals surface area contributed by atoms with Gasteiger partial charge in [-0.1, -0.05) is 20.8 Å². The molecule has 0 aromatic heterocycles. The van der Waals surface area contributed by atoms with Gasteiger partial charge >= 0.3 is 0 Å². The van der Waals surface area contributed by atoms with Crippen LogP contribution in [0.4, 0.5) is 0 Å². The van der Waals surface area contributed by atoms with Crippen molar-refractivity contribution >= 4 is 0 Å². The highest BCUT2D eigenvalue weighted by atomic mass is 16.5. The number of nitrogens with zero attached hydrogens (tertiary/aromatic N) is 2. The summed E-state index contributed by atoms with van der Waals surface area (Å²) in [5.41, 5.74) is 5.96. The number of rotatable bonds is 8. The molecular formula is C14H31N3O. The number of ether oxygens (including phenoxy) is 1. The van der Waals surface area contributed by atoms with E-state index in [1.807, 2.05) is 0 Å². The summed E-state index contributed by atoms with van der Waals surface area (Å²) in [6.07, 6.45) is 1.28. The summed E-state index contributed by atoms with van der Waals surface area (Å²) in [6.45, 7) is 12.9. The summed E-state index contributed by atoms with van der Waals surface area (Å²) in [5.74, 6) is 0.510. The summed E-state index contributed by atoms with van der Waals surface area (Å²) in [5, 5.41) is 0. The summed E-state index contributed by atoms with van der Waals surface area (Å²) in [4.78, 5) is 5.13. The van der Waals surface area contributed by atoms with Crippen LogP contribution in [0.25, 0.3) is 0 Å². The van der Waals surface area contributed by atoms with E-state index in [4.69, 9.17) is 10.5 Å². The lowest BCUT2D eigenvalue weighted by Crippen LogP contribution is -2.46. The summed E-state index contributed by atoms with van der Waals surface area (Å²) >= 11 is 0. The van der Waals surface area contributed by atoms with Gasteiger partial charge in [-0.25, -0.2) is 0 Å². The molecule has 0 aromatic carbocycles. The summed E-state index contributed by atoms with van der Waals surface area (Å²) in [6, 6.07) is 1.18. The number of nitrogens with two attached hydrogens (primary N) is 1. The topological polar surface area (TPSA) is 41.7 Å². The van der Waals surface area contributed by atoms with E-state index < -0.39 is 0 Å². The van der Waals surface area contributed by atoms with E-state index in [1.54, 1.807) is 7.11 Å². The fourth-order valence-corrected chi connectivity index (χ4v) is 3.22. The average Bonchev–Trinajstić information content (AvgIpc) is 2.81. The minimum Gasteiger partial charge on any atom is -0.384 e. The van der Waals surface area contributed by atoms with E-state index in [9.17, 15) is 0 Å². The maximum atomic E-state index is 5.96. The zero-order valence-corrected chi connectivity index (χ0v) is 12.6. The molecule has 0 aliphatic carbocycles. The van der Waals surface area contributed by atoms with Crippen molar-refractivity contribution < 1.29 is 4.74 Å². The van der Waals surface area contributed by atoms with Gasteiger partial charge in [-0.05, 0) is 25.4 Å². The van der Waals surface area contributed by atoms with Gasteiger partial charge in [-0.3, -0.25) is 9.80 Å². The molecule has 0 saturated carbocycles. The maximum Gasteiger partial charge on any atom is 0.0503 e. The molecule has 4 heteroatoms. The van der Waals surface area contributed by atoms with Gasteiger partial charge in [0.2, 0.25) is 0 Å². The minimum absolute atomic E-state index is 0.463. The molecule has 0 spiro atoms. The van der Waals surface area contributed by atoms with Crippen molar-refractivity contribution in [2.75, 3.05) is 46.4 Å². The van der Waals surface area contributed by atoms with E-state index >= 15 is 0 Å². The Morgan fingerprint density at radius 1 is 1.39 bits per heavy atom. The van der Waals surface area contributed by atoms with E-state index in [-0.39, 0.29) is 0 Å². The molecule has 1 aliphatic heterocycles. The Hall–Kier alpha value is -0.160. The number of likely N-dealkylation sites (tertiary alicyclic amines) is 1. The van der Waals surface area contributed by atoms with Crippen molar-refractivity contribution in [2.24, 2.45) is 11.7 Å². The molecule has 0 radical (unpaired) electrons. The van der Waals surface area contributed by atoms with E-state index in [0.29, 0.717) is 18.0 Å². The second-order valence-electron chi connectivity index (χ2n) is 5.39. The summed E-state index contributed by atoms with van der Waals surface area (Å²) in [7, 11) is 1.77. The third-order valence-corrected chi connectivity index (χ3v) is 4.32. The largest absolute Gasteiger partial charge is 0.384 e. The van der Waals surface area contributed by atoms with E-state index in [0.717, 1.165) is 32.8 Å². The van der Waals surface area contributed by atoms with Crippen molar-refractivity contribution in [1.82, 2.24) is 9.80 Å². The maximum absolute atomic E-state index is 5.96. The fraction of sp³-hybridized carbons (Fsp3) is 1.00. The quantitative estimate of drug-likeness (QED) is 0.705. The predicted molar refractivity (Wildman–Crippen MR) is 76.8 cm³/mol. The SMILES string of the molecule is CCN(CC)C1CCN(C(CN)C(C)COC)C1. The molecular weight excluding hydrogens is 226 g/mol. The lowest BCUT2D eigenvalue weighted by Gasteiger charge is -2.33. The highest BCUT2D eigenvalue weighted by Crippen LogP contribution is 2.21. The molecule has 18 heavy (non-hydrogen) atoms. The van der Waals surface area contributed by atoms with Crippen molar-refractivity contribution in [3.63, 3.8) is 0 Å². The number of hydrogen-bond acceptors (Lipinski definition) is 4. The van der Waals surface area contributed by atoms with Crippen LogP contribution in [0.15, 0.2) is 0 Å². The van der Waals surface area contributed by atoms with Gasteiger partial charge in [-0.2, -0.15) is 0 Å². The third kappa shape index (κ3) is 3.92. The number of methoxy groups -OCH3 is 1. The van der Waals surface area contributed by atoms with Gasteiger partial charge in [0.1, 0.15) is 0 Å². The van der Waals surface area contributed by atoms with E-state index in [1.165, 1.54) is 13.0 Å². The van der Waals surface area contributed by atoms with Crippen LogP contribution in [0.3, 0.4) is 0 Å². The monoisotopic (exact) mass is 257 g/mol. The summed E-state index contributed by atoms with van der Waals surface area (Å²) < 4.78 is 5.27. The van der Waals surface area contributed by atoms with Gasteiger partial charge in [-0.15, -0.1) is 0 Å². The standard InChI is InChI=1S/C14H31N3O/c1-5-16(6-2)13-7-8-17(10-13)14(9-15)12(3)11-18-4/h12-14H,5-11,15H2,1-4H3. The van der Waals surface area contributed by atoms with Crippen LogP contribution in [0.5, 0.6) is 0 Å². The van der Waals surface area contributed by atoms with Crippen LogP contribution in [0, 0.1) is 5.92 Å². The predicted octanol–water partition coefficient (Wildman–Crippen LogP) is 1.01. The molecule has 2 N–H and O–H groups in total. The Kier molecular flexibility index (Phi) is 7.15. The molecule has 3 unspecified atom stereocenters. The molecule has 1 rings (SSSR count). The average molecular weight is 257 g/mol. The molecule has 1 heterocycles. The normalized spacial score (nSPS) is 24.7. The molecule has 4 nitrogen and oxygen atoms in total. The van der Waals surface area contributed by atoms with Gasteiger partial charge < -0.3 is 10.5 Å². The molecule has 1 saturated heterocycles. The minimum atomic E-state index is 0.463. The van der Waals surface area contributed by atoms with Crippen molar-refractivity contribution in [2.45, 2.75) is 39.3 Å². The van der Waals surface area contributed by atoms with Gasteiger partial charge in [0.05, 0.1) is 6.61 Å². The van der Waals surface area contributed by atoms with Crippen LogP contribution in [0.2, 0.25) is 0 Å². The van der Waals surface area contributed by atoms with Crippen molar-refractivity contribution in [1.29, 1.82) is 0 Å².